The fourth-order valence-electron chi connectivity index (χ4n) is 8.13. The third kappa shape index (κ3) is 56.9. The summed E-state index contributed by atoms with van der Waals surface area (Å²) in [6.07, 6.45) is 77.4. The molecule has 3 unspecified atom stereocenters. The van der Waals surface area contributed by atoms with Crippen LogP contribution in [0.1, 0.15) is 239 Å². The first-order valence-corrected chi connectivity index (χ1v) is 32.3. The number of nitrogens with one attached hydrogen (secondary N) is 1. The van der Waals surface area contributed by atoms with Crippen molar-refractivity contribution in [3.05, 3.63) is 122 Å². The van der Waals surface area contributed by atoms with Gasteiger partial charge >= 0.3 is 5.97 Å². The van der Waals surface area contributed by atoms with Crippen LogP contribution < -0.4 is 10.2 Å². The molecule has 0 saturated carbocycles. The van der Waals surface area contributed by atoms with Gasteiger partial charge in [0.05, 0.1) is 33.8 Å². The van der Waals surface area contributed by atoms with Crippen LogP contribution in [0.15, 0.2) is 122 Å². The average Bonchev–Trinajstić information content (AvgIpc) is 3.39. The van der Waals surface area contributed by atoms with Gasteiger partial charge in [0, 0.05) is 12.8 Å². The van der Waals surface area contributed by atoms with Crippen molar-refractivity contribution in [3.8, 4) is 0 Å². The van der Waals surface area contributed by atoms with E-state index in [0.717, 1.165) is 109 Å². The van der Waals surface area contributed by atoms with Crippen LogP contribution in [-0.4, -0.2) is 69.4 Å². The summed E-state index contributed by atoms with van der Waals surface area (Å²) in [4.78, 5) is 40.0. The van der Waals surface area contributed by atoms with Gasteiger partial charge in [-0.2, -0.15) is 0 Å². The molecule has 0 rings (SSSR count). The molecule has 3 atom stereocenters. The average molecular weight is 1090 g/mol. The highest BCUT2D eigenvalue weighted by Crippen LogP contribution is 2.38. The highest BCUT2D eigenvalue weighted by molar-refractivity contribution is 7.45. The van der Waals surface area contributed by atoms with Crippen LogP contribution in [0.3, 0.4) is 0 Å². The van der Waals surface area contributed by atoms with Crippen LogP contribution in [0, 0.1) is 0 Å². The molecular weight excluding hydrogens is 976 g/mol. The molecule has 0 saturated heterocycles. The monoisotopic (exact) mass is 1090 g/mol. The van der Waals surface area contributed by atoms with Gasteiger partial charge in [0.2, 0.25) is 5.91 Å². The minimum atomic E-state index is -4.73. The Kier molecular flexibility index (Phi) is 53.1. The second-order valence-corrected chi connectivity index (χ2v) is 22.9. The van der Waals surface area contributed by atoms with Gasteiger partial charge in [-0.1, -0.05) is 233 Å². The number of carbonyl (C=O) groups excluding carboxylic acids is 2. The van der Waals surface area contributed by atoms with E-state index >= 15 is 0 Å². The Morgan fingerprint density at radius 1 is 0.468 bits per heavy atom. The fourth-order valence-corrected chi connectivity index (χ4v) is 8.85. The summed E-state index contributed by atoms with van der Waals surface area (Å²) >= 11 is 0. The fraction of sp³-hybridized carbons (Fsp3) is 0.672. The Morgan fingerprint density at radius 3 is 1.30 bits per heavy atom. The number of nitrogens with zero attached hydrogens (tertiary/aromatic N) is 1. The second kappa shape index (κ2) is 55.7. The minimum Gasteiger partial charge on any atom is -0.756 e. The molecule has 10 heteroatoms. The maximum absolute atomic E-state index is 13.5. The van der Waals surface area contributed by atoms with Crippen LogP contribution in [0.5, 0.6) is 0 Å². The smallest absolute Gasteiger partial charge is 0.306 e. The molecule has 0 radical (unpaired) electrons. The number of phosphoric ester groups is 1. The predicted molar refractivity (Wildman–Crippen MR) is 330 cm³/mol. The normalized spacial score (nSPS) is 14.5. The Bertz CT molecular complexity index is 1730. The summed E-state index contributed by atoms with van der Waals surface area (Å²) in [5.41, 5.74) is 0. The first-order valence-electron chi connectivity index (χ1n) is 30.8. The molecule has 0 spiro atoms. The van der Waals surface area contributed by atoms with Gasteiger partial charge in [0.15, 0.2) is 0 Å². The molecule has 1 amide bonds. The second-order valence-electron chi connectivity index (χ2n) is 21.5. The number of likely N-dealkylation sites (N-methyl/N-ethyl adjacent to an activating group) is 1. The van der Waals surface area contributed by atoms with Crippen LogP contribution in [0.4, 0.5) is 0 Å². The van der Waals surface area contributed by atoms with Crippen LogP contribution in [-0.2, 0) is 27.9 Å². The third-order valence-corrected chi connectivity index (χ3v) is 13.8. The Hall–Kier alpha value is -3.59. The highest BCUT2D eigenvalue weighted by atomic mass is 31.2. The van der Waals surface area contributed by atoms with Gasteiger partial charge in [-0.25, -0.2) is 0 Å². The molecule has 0 aromatic heterocycles. The molecule has 440 valence electrons. The van der Waals surface area contributed by atoms with Gasteiger partial charge in [-0.15, -0.1) is 0 Å². The summed E-state index contributed by atoms with van der Waals surface area (Å²) < 4.78 is 30.2. The van der Waals surface area contributed by atoms with Crippen molar-refractivity contribution < 1.29 is 37.3 Å². The van der Waals surface area contributed by atoms with Gasteiger partial charge < -0.3 is 28.5 Å². The maximum Gasteiger partial charge on any atom is 0.306 e. The van der Waals surface area contributed by atoms with Crippen molar-refractivity contribution in [2.75, 3.05) is 40.9 Å². The number of rotatable bonds is 54. The van der Waals surface area contributed by atoms with Crippen LogP contribution in [0.2, 0.25) is 0 Å². The topological polar surface area (TPSA) is 114 Å². The molecule has 0 heterocycles. The Labute approximate surface area is 473 Å². The zero-order chi connectivity index (χ0) is 56.4. The molecule has 0 aliphatic rings. The largest absolute Gasteiger partial charge is 0.756 e. The number of hydrogen-bond donors (Lipinski definition) is 1. The predicted octanol–water partition coefficient (Wildman–Crippen LogP) is 18.5. The van der Waals surface area contributed by atoms with E-state index in [1.165, 1.54) is 83.5 Å². The number of quaternary nitrogens is 1. The van der Waals surface area contributed by atoms with Crippen molar-refractivity contribution in [3.63, 3.8) is 0 Å². The molecule has 0 aromatic rings. The molecule has 0 fully saturated rings. The molecule has 0 aliphatic carbocycles. The number of ether oxygens (including phenoxy) is 1. The van der Waals surface area contributed by atoms with Crippen molar-refractivity contribution in [1.29, 1.82) is 0 Å². The maximum atomic E-state index is 13.5. The standard InChI is InChI=1S/C67H115N2O7P/c1-7-10-13-16-19-22-25-28-30-32-33-34-35-37-38-41-44-47-50-53-56-59-66(70)68-64(63-75-77(72,73)74-62-61-69(4,5)6)65(58-55-52-49-46-43-40-27-24-21-18-15-12-9-3)76-67(71)60-57-54-51-48-45-42-39-36-31-29-26-23-20-17-14-11-8-2/h11,14,19-20,22-23,28-31,33-34,37-39,42,48,51,55,58,64-65H,7-10,12-13,15-18,21,24-27,32,35-36,40-41,43-47,49-50,52-54,56-57,59-63H2,1-6H3,(H-,68,70,72,73)/b14-11-,22-19-,23-20-,30-28-,31-29-,34-33-,38-37-,42-39-,51-48-,58-55-. The van der Waals surface area contributed by atoms with Crippen molar-refractivity contribution in [2.45, 2.75) is 251 Å². The zero-order valence-electron chi connectivity index (χ0n) is 50.1. The summed E-state index contributed by atoms with van der Waals surface area (Å²) in [6.45, 7) is 6.63. The molecule has 9 nitrogen and oxygen atoms in total. The van der Waals surface area contributed by atoms with Gasteiger partial charge in [0.25, 0.3) is 7.82 Å². The SMILES string of the molecule is CC/C=C\C/C=C\C/C=C\C/C=C\C/C=C\CCCC(=O)OC(/C=C\CCCCCCCCCCCCC)C(COP(=O)([O-])OCC[N+](C)(C)C)NC(=O)CCCCCCC/C=C\C/C=C\C/C=C\C/C=C\CCCCC. The first-order chi connectivity index (χ1) is 37.4. The Morgan fingerprint density at radius 2 is 0.844 bits per heavy atom. The summed E-state index contributed by atoms with van der Waals surface area (Å²) in [5.74, 6) is -0.638. The summed E-state index contributed by atoms with van der Waals surface area (Å²) in [5, 5.41) is 3.00. The lowest BCUT2D eigenvalue weighted by atomic mass is 10.0. The molecule has 77 heavy (non-hydrogen) atoms. The van der Waals surface area contributed by atoms with Crippen LogP contribution in [0.25, 0.3) is 0 Å². The van der Waals surface area contributed by atoms with E-state index < -0.39 is 32.5 Å². The van der Waals surface area contributed by atoms with Crippen molar-refractivity contribution >= 4 is 19.7 Å². The molecule has 0 bridgehead atoms. The van der Waals surface area contributed by atoms with E-state index in [1.807, 2.05) is 27.2 Å². The number of allylic oxidation sites excluding steroid dienone is 19. The minimum absolute atomic E-state index is 0.0416. The van der Waals surface area contributed by atoms with Crippen molar-refractivity contribution in [2.24, 2.45) is 0 Å². The third-order valence-electron chi connectivity index (χ3n) is 12.9. The number of carbonyl (C=O) groups is 2. The van der Waals surface area contributed by atoms with Gasteiger partial charge in [-0.05, 0) is 115 Å². The molecule has 0 aromatic carbocycles. The zero-order valence-corrected chi connectivity index (χ0v) is 51.0. The van der Waals surface area contributed by atoms with E-state index in [0.29, 0.717) is 23.9 Å². The summed E-state index contributed by atoms with van der Waals surface area (Å²) in [6, 6.07) is -0.930. The first kappa shape index (κ1) is 73.4. The Balaban J connectivity index is 5.43. The quantitative estimate of drug-likeness (QED) is 0.0212. The van der Waals surface area contributed by atoms with E-state index in [9.17, 15) is 19.0 Å². The number of esters is 1. The lowest BCUT2D eigenvalue weighted by Gasteiger charge is -2.30. The molecular formula is C67H115N2O7P. The highest BCUT2D eigenvalue weighted by Gasteiger charge is 2.27. The van der Waals surface area contributed by atoms with Gasteiger partial charge in [-0.3, -0.25) is 14.2 Å². The van der Waals surface area contributed by atoms with E-state index in [1.54, 1.807) is 6.08 Å². The number of phosphoric acid groups is 1. The molecule has 0 aliphatic heterocycles. The number of hydrogen-bond acceptors (Lipinski definition) is 7. The van der Waals surface area contributed by atoms with Crippen molar-refractivity contribution in [1.82, 2.24) is 5.32 Å². The van der Waals surface area contributed by atoms with Gasteiger partial charge in [0.1, 0.15) is 19.3 Å². The number of unbranched alkanes of at least 4 members (excludes halogenated alkanes) is 20. The lowest BCUT2D eigenvalue weighted by Crippen LogP contribution is -2.47. The van der Waals surface area contributed by atoms with E-state index in [-0.39, 0.29) is 25.4 Å². The van der Waals surface area contributed by atoms with E-state index in [2.05, 4.69) is 135 Å². The molecule has 1 N–H and O–H groups in total. The van der Waals surface area contributed by atoms with E-state index in [4.69, 9.17) is 13.8 Å². The lowest BCUT2D eigenvalue weighted by molar-refractivity contribution is -0.870. The summed E-state index contributed by atoms with van der Waals surface area (Å²) in [7, 11) is 1.12. The van der Waals surface area contributed by atoms with Crippen LogP contribution >= 0.6 is 7.82 Å². The number of amides is 1.